The molecule has 0 spiro atoms. The van der Waals surface area contributed by atoms with Gasteiger partial charge in [0.2, 0.25) is 17.6 Å². The van der Waals surface area contributed by atoms with E-state index in [0.717, 1.165) is 22.6 Å². The highest BCUT2D eigenvalue weighted by atomic mass is 35.5. The molecular formula is C21H20ClN3O3. The number of nitrogens with zero attached hydrogens (tertiary/aromatic N) is 3. The van der Waals surface area contributed by atoms with E-state index in [4.69, 9.17) is 20.9 Å². The van der Waals surface area contributed by atoms with Gasteiger partial charge in [-0.15, -0.1) is 0 Å². The summed E-state index contributed by atoms with van der Waals surface area (Å²) < 4.78 is 11.0. The molecule has 1 aliphatic rings. The van der Waals surface area contributed by atoms with Gasteiger partial charge in [0.05, 0.1) is 12.5 Å². The highest BCUT2D eigenvalue weighted by Crippen LogP contribution is 2.34. The molecule has 28 heavy (non-hydrogen) atoms. The van der Waals surface area contributed by atoms with Gasteiger partial charge in [0, 0.05) is 29.2 Å². The topological polar surface area (TPSA) is 68.5 Å². The summed E-state index contributed by atoms with van der Waals surface area (Å²) in [7, 11) is 0. The maximum atomic E-state index is 12.6. The number of hydrogen-bond acceptors (Lipinski definition) is 5. The van der Waals surface area contributed by atoms with Crippen LogP contribution in [0, 0.1) is 6.92 Å². The summed E-state index contributed by atoms with van der Waals surface area (Å²) in [4.78, 5) is 18.9. The van der Waals surface area contributed by atoms with E-state index in [-0.39, 0.29) is 11.8 Å². The van der Waals surface area contributed by atoms with Crippen LogP contribution in [0.25, 0.3) is 11.4 Å². The molecular weight excluding hydrogens is 378 g/mol. The first-order chi connectivity index (χ1) is 13.5. The summed E-state index contributed by atoms with van der Waals surface area (Å²) in [5.41, 5.74) is 2.64. The lowest BCUT2D eigenvalue weighted by atomic mass is 10.1. The Morgan fingerprint density at radius 2 is 2.14 bits per heavy atom. The summed E-state index contributed by atoms with van der Waals surface area (Å²) in [5.74, 6) is 1.61. The maximum absolute atomic E-state index is 12.6. The van der Waals surface area contributed by atoms with Crippen LogP contribution in [0.5, 0.6) is 5.75 Å². The third-order valence-corrected chi connectivity index (χ3v) is 5.00. The van der Waals surface area contributed by atoms with Crippen LogP contribution in [0.3, 0.4) is 0 Å². The van der Waals surface area contributed by atoms with E-state index in [1.807, 2.05) is 50.2 Å². The Balaban J connectivity index is 1.55. The van der Waals surface area contributed by atoms with Crippen LogP contribution in [0.2, 0.25) is 5.02 Å². The molecule has 1 atom stereocenters. The van der Waals surface area contributed by atoms with Crippen molar-refractivity contribution in [2.24, 2.45) is 0 Å². The van der Waals surface area contributed by atoms with Crippen molar-refractivity contribution >= 4 is 23.2 Å². The highest BCUT2D eigenvalue weighted by molar-refractivity contribution is 6.30. The van der Waals surface area contributed by atoms with Crippen molar-refractivity contribution in [1.29, 1.82) is 0 Å². The van der Waals surface area contributed by atoms with Crippen LogP contribution in [0.1, 0.15) is 30.7 Å². The lowest BCUT2D eigenvalue weighted by Gasteiger charge is -2.18. The van der Waals surface area contributed by atoms with Crippen LogP contribution >= 0.6 is 11.6 Å². The van der Waals surface area contributed by atoms with Crippen LogP contribution in [-0.4, -0.2) is 29.2 Å². The van der Waals surface area contributed by atoms with Crippen molar-refractivity contribution in [3.8, 4) is 17.1 Å². The van der Waals surface area contributed by atoms with E-state index in [1.54, 1.807) is 11.0 Å². The van der Waals surface area contributed by atoms with Gasteiger partial charge in [-0.05, 0) is 49.7 Å². The molecule has 6 nitrogen and oxygen atoms in total. The Labute approximate surface area is 168 Å². The van der Waals surface area contributed by atoms with Gasteiger partial charge in [0.1, 0.15) is 5.75 Å². The molecule has 1 amide bonds. The van der Waals surface area contributed by atoms with E-state index < -0.39 is 0 Å². The number of aryl methyl sites for hydroxylation is 1. The van der Waals surface area contributed by atoms with Gasteiger partial charge in [-0.3, -0.25) is 4.79 Å². The molecule has 144 valence electrons. The molecule has 1 fully saturated rings. The third kappa shape index (κ3) is 3.60. The molecule has 1 saturated heterocycles. The highest BCUT2D eigenvalue weighted by Gasteiger charge is 2.35. The Morgan fingerprint density at radius 1 is 1.29 bits per heavy atom. The number of benzene rings is 2. The van der Waals surface area contributed by atoms with Gasteiger partial charge < -0.3 is 14.2 Å². The van der Waals surface area contributed by atoms with Crippen molar-refractivity contribution in [1.82, 2.24) is 10.1 Å². The molecule has 4 rings (SSSR count). The molecule has 0 bridgehead atoms. The average Bonchev–Trinajstić information content (AvgIpc) is 3.30. The number of ether oxygens (including phenoxy) is 1. The molecule has 3 aromatic rings. The first-order valence-electron chi connectivity index (χ1n) is 9.18. The predicted octanol–water partition coefficient (Wildman–Crippen LogP) is 4.62. The summed E-state index contributed by atoms with van der Waals surface area (Å²) >= 11 is 6.03. The predicted molar refractivity (Wildman–Crippen MR) is 107 cm³/mol. The number of carbonyl (C=O) groups is 1. The average molecular weight is 398 g/mol. The van der Waals surface area contributed by atoms with Gasteiger partial charge in [0.25, 0.3) is 0 Å². The fraction of sp³-hybridized carbons (Fsp3) is 0.286. The standard InChI is InChI=1S/C21H20ClN3O3/c1-3-27-17-6-4-5-14(10-17)20-23-21(28-24-20)15-11-19(26)25(12-15)18-8-7-16(22)9-13(18)2/h4-10,15H,3,11-12H2,1-2H3. The van der Waals surface area contributed by atoms with Gasteiger partial charge >= 0.3 is 0 Å². The maximum Gasteiger partial charge on any atom is 0.232 e. The van der Waals surface area contributed by atoms with Crippen LogP contribution < -0.4 is 9.64 Å². The molecule has 2 aromatic carbocycles. The summed E-state index contributed by atoms with van der Waals surface area (Å²) in [6.07, 6.45) is 0.336. The smallest absolute Gasteiger partial charge is 0.232 e. The summed E-state index contributed by atoms with van der Waals surface area (Å²) in [6.45, 7) is 4.97. The monoisotopic (exact) mass is 397 g/mol. The van der Waals surface area contributed by atoms with E-state index >= 15 is 0 Å². The van der Waals surface area contributed by atoms with E-state index in [9.17, 15) is 4.79 Å². The second-order valence-corrected chi connectivity index (χ2v) is 7.19. The van der Waals surface area contributed by atoms with Crippen molar-refractivity contribution < 1.29 is 14.1 Å². The number of anilines is 1. The molecule has 1 aromatic heterocycles. The first kappa shape index (κ1) is 18.5. The molecule has 0 aliphatic carbocycles. The fourth-order valence-corrected chi connectivity index (χ4v) is 3.66. The van der Waals surface area contributed by atoms with Crippen LogP contribution in [0.4, 0.5) is 5.69 Å². The third-order valence-electron chi connectivity index (χ3n) is 4.77. The van der Waals surface area contributed by atoms with Crippen LogP contribution in [-0.2, 0) is 4.79 Å². The fourth-order valence-electron chi connectivity index (χ4n) is 3.44. The van der Waals surface area contributed by atoms with E-state index in [2.05, 4.69) is 10.1 Å². The SMILES string of the molecule is CCOc1cccc(-c2noc(C3CC(=O)N(c4ccc(Cl)cc4C)C3)n2)c1. The second-order valence-electron chi connectivity index (χ2n) is 6.75. The molecule has 1 unspecified atom stereocenters. The number of halogens is 1. The van der Waals surface area contributed by atoms with Gasteiger partial charge in [-0.2, -0.15) is 4.98 Å². The van der Waals surface area contributed by atoms with Gasteiger partial charge in [-0.25, -0.2) is 0 Å². The Kier molecular flexibility index (Phi) is 5.05. The van der Waals surface area contributed by atoms with Crippen LogP contribution in [0.15, 0.2) is 47.0 Å². The Morgan fingerprint density at radius 3 is 2.93 bits per heavy atom. The number of rotatable bonds is 5. The zero-order valence-electron chi connectivity index (χ0n) is 15.7. The normalized spacial score (nSPS) is 16.6. The number of aromatic nitrogens is 2. The van der Waals surface area contributed by atoms with Crippen molar-refractivity contribution in [2.75, 3.05) is 18.1 Å². The Bertz CT molecular complexity index is 1020. The minimum absolute atomic E-state index is 0.0357. The number of carbonyl (C=O) groups excluding carboxylic acids is 1. The minimum Gasteiger partial charge on any atom is -0.494 e. The van der Waals surface area contributed by atoms with Gasteiger partial charge in [0.15, 0.2) is 0 Å². The minimum atomic E-state index is -0.140. The van der Waals surface area contributed by atoms with E-state index in [0.29, 0.717) is 36.3 Å². The van der Waals surface area contributed by atoms with Gasteiger partial charge in [-0.1, -0.05) is 28.9 Å². The molecule has 7 heteroatoms. The van der Waals surface area contributed by atoms with Crippen molar-refractivity contribution in [3.05, 3.63) is 58.9 Å². The summed E-state index contributed by atoms with van der Waals surface area (Å²) in [5, 5.41) is 4.75. The van der Waals surface area contributed by atoms with E-state index in [1.165, 1.54) is 0 Å². The lowest BCUT2D eigenvalue weighted by Crippen LogP contribution is -2.25. The molecule has 0 N–H and O–H groups in total. The molecule has 0 radical (unpaired) electrons. The Hall–Kier alpha value is -2.86. The largest absolute Gasteiger partial charge is 0.494 e. The number of hydrogen-bond donors (Lipinski definition) is 0. The molecule has 1 aliphatic heterocycles. The molecule has 2 heterocycles. The zero-order valence-corrected chi connectivity index (χ0v) is 16.4. The lowest BCUT2D eigenvalue weighted by molar-refractivity contribution is -0.117. The first-order valence-corrected chi connectivity index (χ1v) is 9.56. The van der Waals surface area contributed by atoms with Crippen molar-refractivity contribution in [3.63, 3.8) is 0 Å². The zero-order chi connectivity index (χ0) is 19.7. The summed E-state index contributed by atoms with van der Waals surface area (Å²) in [6, 6.07) is 13.1. The van der Waals surface area contributed by atoms with Crippen molar-refractivity contribution in [2.45, 2.75) is 26.2 Å². The second kappa shape index (κ2) is 7.64. The quantitative estimate of drug-likeness (QED) is 0.628. The molecule has 0 saturated carbocycles. The number of amides is 1.